The van der Waals surface area contributed by atoms with E-state index >= 15 is 0 Å². The minimum absolute atomic E-state index is 0.720. The Morgan fingerprint density at radius 2 is 1.88 bits per heavy atom. The van der Waals surface area contributed by atoms with Crippen molar-refractivity contribution in [2.75, 3.05) is 18.1 Å². The topological polar surface area (TPSA) is 12.0 Å². The normalized spacial score (nSPS) is 28.9. The van der Waals surface area contributed by atoms with Crippen LogP contribution in [0, 0.1) is 5.92 Å². The first-order chi connectivity index (χ1) is 8.22. The fraction of sp³-hybridized carbons (Fsp3) is 1.00. The molecule has 0 aliphatic carbocycles. The Balaban J connectivity index is 2.59. The van der Waals surface area contributed by atoms with Crippen LogP contribution in [0.25, 0.3) is 0 Å². The molecule has 1 aliphatic rings. The second kappa shape index (κ2) is 8.71. The van der Waals surface area contributed by atoms with E-state index in [1.807, 2.05) is 0 Å². The highest BCUT2D eigenvalue weighted by Crippen LogP contribution is 2.36. The largest absolute Gasteiger partial charge is 0.313 e. The lowest BCUT2D eigenvalue weighted by Crippen LogP contribution is -2.45. The first kappa shape index (κ1) is 15.7. The van der Waals surface area contributed by atoms with Crippen LogP contribution in [-0.4, -0.2) is 34.6 Å². The third-order valence-electron chi connectivity index (χ3n) is 3.71. The molecule has 1 saturated heterocycles. The van der Waals surface area contributed by atoms with E-state index in [9.17, 15) is 0 Å². The number of thioether (sulfide) groups is 2. The molecule has 1 heterocycles. The molecule has 0 amide bonds. The first-order valence-corrected chi connectivity index (χ1v) is 9.29. The molecule has 0 aromatic carbocycles. The predicted molar refractivity (Wildman–Crippen MR) is 84.3 cm³/mol. The second-order valence-corrected chi connectivity index (χ2v) is 7.70. The molecular weight excluding hydrogens is 246 g/mol. The molecule has 0 bridgehead atoms. The molecule has 3 heteroatoms. The lowest BCUT2D eigenvalue weighted by atomic mass is 9.95. The van der Waals surface area contributed by atoms with E-state index in [1.54, 1.807) is 0 Å². The summed E-state index contributed by atoms with van der Waals surface area (Å²) < 4.78 is 0. The molecule has 4 unspecified atom stereocenters. The van der Waals surface area contributed by atoms with Crippen LogP contribution < -0.4 is 5.32 Å². The highest BCUT2D eigenvalue weighted by Gasteiger charge is 2.32. The van der Waals surface area contributed by atoms with Crippen LogP contribution in [-0.2, 0) is 0 Å². The van der Waals surface area contributed by atoms with Gasteiger partial charge in [0, 0.05) is 28.0 Å². The molecule has 0 spiro atoms. The number of nitrogens with one attached hydrogen (secondary N) is 1. The van der Waals surface area contributed by atoms with Crippen LogP contribution in [0.2, 0.25) is 0 Å². The van der Waals surface area contributed by atoms with Gasteiger partial charge in [-0.3, -0.25) is 0 Å². The first-order valence-electron chi connectivity index (χ1n) is 7.19. The van der Waals surface area contributed by atoms with Gasteiger partial charge >= 0.3 is 0 Å². The van der Waals surface area contributed by atoms with E-state index in [2.05, 4.69) is 56.5 Å². The quantitative estimate of drug-likeness (QED) is 0.753. The SMILES string of the molecule is CCNC(CC(C)CC)C1SCCSC1CC. The van der Waals surface area contributed by atoms with Crippen LogP contribution >= 0.6 is 23.5 Å². The fourth-order valence-corrected chi connectivity index (χ4v) is 5.79. The third kappa shape index (κ3) is 5.04. The van der Waals surface area contributed by atoms with Crippen molar-refractivity contribution in [3.05, 3.63) is 0 Å². The molecular formula is C14H29NS2. The van der Waals surface area contributed by atoms with E-state index in [0.29, 0.717) is 0 Å². The molecule has 1 aliphatic heterocycles. The van der Waals surface area contributed by atoms with Gasteiger partial charge in [-0.1, -0.05) is 34.1 Å². The fourth-order valence-electron chi connectivity index (χ4n) is 2.51. The van der Waals surface area contributed by atoms with Crippen molar-refractivity contribution >= 4 is 23.5 Å². The molecule has 0 radical (unpaired) electrons. The number of rotatable bonds is 7. The summed E-state index contributed by atoms with van der Waals surface area (Å²) in [6, 6.07) is 0.720. The Morgan fingerprint density at radius 3 is 2.47 bits per heavy atom. The van der Waals surface area contributed by atoms with Crippen LogP contribution in [0.1, 0.15) is 47.0 Å². The van der Waals surface area contributed by atoms with Gasteiger partial charge < -0.3 is 5.32 Å². The molecule has 1 fully saturated rings. The van der Waals surface area contributed by atoms with Gasteiger partial charge in [0.05, 0.1) is 0 Å². The van der Waals surface area contributed by atoms with Crippen LogP contribution in [0.4, 0.5) is 0 Å². The zero-order valence-electron chi connectivity index (χ0n) is 11.9. The number of hydrogen-bond donors (Lipinski definition) is 1. The van der Waals surface area contributed by atoms with Gasteiger partial charge in [0.15, 0.2) is 0 Å². The second-order valence-electron chi connectivity index (χ2n) is 5.07. The molecule has 0 saturated carbocycles. The van der Waals surface area contributed by atoms with Crippen LogP contribution in [0.5, 0.6) is 0 Å². The summed E-state index contributed by atoms with van der Waals surface area (Å²) in [4.78, 5) is 0. The standard InChI is InChI=1S/C14H29NS2/c1-5-11(4)10-12(15-7-3)14-13(6-2)16-8-9-17-14/h11-15H,5-10H2,1-4H3. The Hall–Kier alpha value is 0.660. The summed E-state index contributed by atoms with van der Waals surface area (Å²) >= 11 is 4.41. The summed E-state index contributed by atoms with van der Waals surface area (Å²) in [5.41, 5.74) is 0. The summed E-state index contributed by atoms with van der Waals surface area (Å²) in [6.07, 6.45) is 3.98. The van der Waals surface area contributed by atoms with Gasteiger partial charge in [0.25, 0.3) is 0 Å². The van der Waals surface area contributed by atoms with Crippen molar-refractivity contribution in [1.82, 2.24) is 5.32 Å². The van der Waals surface area contributed by atoms with E-state index in [4.69, 9.17) is 0 Å². The summed E-state index contributed by atoms with van der Waals surface area (Å²) in [5.74, 6) is 3.54. The van der Waals surface area contributed by atoms with Gasteiger partial charge in [-0.25, -0.2) is 0 Å². The summed E-state index contributed by atoms with van der Waals surface area (Å²) in [7, 11) is 0. The molecule has 1 nitrogen and oxygen atoms in total. The van der Waals surface area contributed by atoms with Crippen molar-refractivity contribution in [1.29, 1.82) is 0 Å². The lowest BCUT2D eigenvalue weighted by molar-refractivity contribution is 0.384. The smallest absolute Gasteiger partial charge is 0.0320 e. The monoisotopic (exact) mass is 275 g/mol. The predicted octanol–water partition coefficient (Wildman–Crippen LogP) is 4.03. The minimum Gasteiger partial charge on any atom is -0.313 e. The average Bonchev–Trinajstić information content (AvgIpc) is 2.38. The van der Waals surface area contributed by atoms with Gasteiger partial charge in [-0.05, 0) is 25.3 Å². The summed E-state index contributed by atoms with van der Waals surface area (Å²) in [5, 5.41) is 5.44. The molecule has 0 aromatic rings. The van der Waals surface area contributed by atoms with Gasteiger partial charge in [0.2, 0.25) is 0 Å². The molecule has 1 rings (SSSR count). The zero-order valence-corrected chi connectivity index (χ0v) is 13.5. The Bertz CT molecular complexity index is 199. The van der Waals surface area contributed by atoms with Crippen molar-refractivity contribution < 1.29 is 0 Å². The maximum atomic E-state index is 3.75. The van der Waals surface area contributed by atoms with Crippen LogP contribution in [0.3, 0.4) is 0 Å². The molecule has 4 atom stereocenters. The van der Waals surface area contributed by atoms with Gasteiger partial charge in [0.1, 0.15) is 0 Å². The van der Waals surface area contributed by atoms with Gasteiger partial charge in [-0.2, -0.15) is 23.5 Å². The number of hydrogen-bond acceptors (Lipinski definition) is 3. The Morgan fingerprint density at radius 1 is 1.18 bits per heavy atom. The molecule has 1 N–H and O–H groups in total. The molecule has 102 valence electrons. The van der Waals surface area contributed by atoms with Crippen LogP contribution in [0.15, 0.2) is 0 Å². The van der Waals surface area contributed by atoms with Gasteiger partial charge in [-0.15, -0.1) is 0 Å². The summed E-state index contributed by atoms with van der Waals surface area (Å²) in [6.45, 7) is 10.4. The molecule has 17 heavy (non-hydrogen) atoms. The minimum atomic E-state index is 0.720. The third-order valence-corrected chi connectivity index (χ3v) is 7.12. The Labute approximate surface area is 116 Å². The Kier molecular flexibility index (Phi) is 8.05. The van der Waals surface area contributed by atoms with Crippen molar-refractivity contribution in [3.63, 3.8) is 0 Å². The van der Waals surface area contributed by atoms with Crippen molar-refractivity contribution in [2.24, 2.45) is 5.92 Å². The van der Waals surface area contributed by atoms with E-state index < -0.39 is 0 Å². The highest BCUT2D eigenvalue weighted by atomic mass is 32.2. The average molecular weight is 276 g/mol. The van der Waals surface area contributed by atoms with E-state index in [0.717, 1.165) is 29.0 Å². The maximum absolute atomic E-state index is 3.75. The van der Waals surface area contributed by atoms with E-state index in [-0.39, 0.29) is 0 Å². The lowest BCUT2D eigenvalue weighted by Gasteiger charge is -2.37. The zero-order chi connectivity index (χ0) is 12.7. The highest BCUT2D eigenvalue weighted by molar-refractivity contribution is 8.07. The van der Waals surface area contributed by atoms with Crippen molar-refractivity contribution in [3.8, 4) is 0 Å². The maximum Gasteiger partial charge on any atom is 0.0320 e. The van der Waals surface area contributed by atoms with E-state index in [1.165, 1.54) is 30.8 Å². The molecule has 0 aromatic heterocycles. The van der Waals surface area contributed by atoms with Crippen molar-refractivity contribution in [2.45, 2.75) is 63.5 Å².